The van der Waals surface area contributed by atoms with E-state index in [1.54, 1.807) is 11.3 Å². The molecule has 1 aromatic heterocycles. The van der Waals surface area contributed by atoms with Gasteiger partial charge >= 0.3 is 0 Å². The maximum atomic E-state index is 5.57. The largest absolute Gasteiger partial charge is 0.359 e. The minimum atomic E-state index is -0.00608. The third-order valence-corrected chi connectivity index (χ3v) is 3.61. The molecule has 2 heterocycles. The lowest BCUT2D eigenvalue weighted by atomic mass is 10.1. The van der Waals surface area contributed by atoms with E-state index in [1.165, 1.54) is 4.70 Å². The van der Waals surface area contributed by atoms with Crippen LogP contribution in [0.25, 0.3) is 10.2 Å². The van der Waals surface area contributed by atoms with Crippen LogP contribution in [0.2, 0.25) is 0 Å². The van der Waals surface area contributed by atoms with Crippen LogP contribution < -0.4 is 0 Å². The van der Waals surface area contributed by atoms with Crippen LogP contribution in [0.3, 0.4) is 0 Å². The Morgan fingerprint density at radius 2 is 2.07 bits per heavy atom. The number of fused-ring (bicyclic) bond motifs is 1. The maximum absolute atomic E-state index is 5.57. The van der Waals surface area contributed by atoms with Crippen molar-refractivity contribution < 1.29 is 4.74 Å². The van der Waals surface area contributed by atoms with Gasteiger partial charge in [0.05, 0.1) is 15.8 Å². The van der Waals surface area contributed by atoms with E-state index in [1.807, 2.05) is 18.2 Å². The standard InChI is InChI=1S/C11H11NOS/c1-11(2)9(13-11)10-12-7-5-3-4-6-8(7)14-10/h3-6,9H,1-2H3/t9-/m1/s1. The molecule has 0 radical (unpaired) electrons. The highest BCUT2D eigenvalue weighted by atomic mass is 32.1. The van der Waals surface area contributed by atoms with Gasteiger partial charge in [-0.3, -0.25) is 0 Å². The van der Waals surface area contributed by atoms with Gasteiger partial charge in [0.25, 0.3) is 0 Å². The number of aromatic nitrogens is 1. The lowest BCUT2D eigenvalue weighted by Gasteiger charge is -1.89. The molecular weight excluding hydrogens is 194 g/mol. The van der Waals surface area contributed by atoms with Gasteiger partial charge in [0.15, 0.2) is 0 Å². The van der Waals surface area contributed by atoms with E-state index in [0.717, 1.165) is 10.5 Å². The first-order chi connectivity index (χ1) is 6.67. The molecule has 14 heavy (non-hydrogen) atoms. The quantitative estimate of drug-likeness (QED) is 0.668. The number of thiazole rings is 1. The number of ether oxygens (including phenoxy) is 1. The monoisotopic (exact) mass is 205 g/mol. The number of hydrogen-bond acceptors (Lipinski definition) is 3. The molecule has 1 fully saturated rings. The molecule has 2 aromatic rings. The summed E-state index contributed by atoms with van der Waals surface area (Å²) in [5.41, 5.74) is 1.08. The third kappa shape index (κ3) is 1.16. The van der Waals surface area contributed by atoms with Crippen molar-refractivity contribution in [2.45, 2.75) is 25.6 Å². The summed E-state index contributed by atoms with van der Waals surface area (Å²) in [6.07, 6.45) is 0.208. The summed E-state index contributed by atoms with van der Waals surface area (Å²) in [4.78, 5) is 4.56. The van der Waals surface area contributed by atoms with Gasteiger partial charge in [-0.1, -0.05) is 12.1 Å². The maximum Gasteiger partial charge on any atom is 0.138 e. The van der Waals surface area contributed by atoms with Crippen molar-refractivity contribution in [2.24, 2.45) is 0 Å². The molecule has 0 saturated carbocycles. The second kappa shape index (κ2) is 2.55. The van der Waals surface area contributed by atoms with E-state index >= 15 is 0 Å². The second-order valence-corrected chi connectivity index (χ2v) is 5.18. The first-order valence-corrected chi connectivity index (χ1v) is 5.52. The number of para-hydroxylation sites is 1. The molecule has 2 nitrogen and oxygen atoms in total. The summed E-state index contributed by atoms with van der Waals surface area (Å²) < 4.78 is 6.81. The van der Waals surface area contributed by atoms with Crippen LogP contribution in [0.15, 0.2) is 24.3 Å². The van der Waals surface area contributed by atoms with Crippen molar-refractivity contribution >= 4 is 21.6 Å². The van der Waals surface area contributed by atoms with Gasteiger partial charge in [-0.05, 0) is 26.0 Å². The molecule has 0 N–H and O–H groups in total. The van der Waals surface area contributed by atoms with Crippen LogP contribution in [0.5, 0.6) is 0 Å². The SMILES string of the molecule is CC1(C)O[C@@H]1c1nc2ccccc2s1. The van der Waals surface area contributed by atoms with Crippen molar-refractivity contribution in [3.63, 3.8) is 0 Å². The van der Waals surface area contributed by atoms with Crippen LogP contribution in [0.4, 0.5) is 0 Å². The van der Waals surface area contributed by atoms with E-state index in [9.17, 15) is 0 Å². The Balaban J connectivity index is 2.08. The van der Waals surface area contributed by atoms with Crippen LogP contribution >= 0.6 is 11.3 Å². The molecular formula is C11H11NOS. The highest BCUT2D eigenvalue weighted by molar-refractivity contribution is 7.18. The normalized spacial score (nSPS) is 24.0. The molecule has 0 amide bonds. The third-order valence-electron chi connectivity index (χ3n) is 2.53. The van der Waals surface area contributed by atoms with E-state index in [0.29, 0.717) is 0 Å². The molecule has 1 atom stereocenters. The van der Waals surface area contributed by atoms with Crippen LogP contribution in [0, 0.1) is 0 Å². The van der Waals surface area contributed by atoms with Crippen LogP contribution in [-0.4, -0.2) is 10.6 Å². The zero-order valence-corrected chi connectivity index (χ0v) is 8.97. The van der Waals surface area contributed by atoms with Gasteiger partial charge < -0.3 is 4.74 Å². The summed E-state index contributed by atoms with van der Waals surface area (Å²) in [6.45, 7) is 4.20. The molecule has 3 rings (SSSR count). The molecule has 0 spiro atoms. The lowest BCUT2D eigenvalue weighted by Crippen LogP contribution is -1.96. The Labute approximate surface area is 86.5 Å². The number of hydrogen-bond donors (Lipinski definition) is 0. The van der Waals surface area contributed by atoms with Gasteiger partial charge in [-0.25, -0.2) is 4.98 Å². The molecule has 1 aromatic carbocycles. The van der Waals surface area contributed by atoms with Crippen molar-refractivity contribution in [1.29, 1.82) is 0 Å². The zero-order chi connectivity index (χ0) is 9.76. The molecule has 3 heteroatoms. The van der Waals surface area contributed by atoms with Crippen LogP contribution in [0.1, 0.15) is 25.0 Å². The molecule has 1 saturated heterocycles. The predicted molar refractivity (Wildman–Crippen MR) is 57.5 cm³/mol. The van der Waals surface area contributed by atoms with Gasteiger partial charge in [0, 0.05) is 0 Å². The van der Waals surface area contributed by atoms with Crippen molar-refractivity contribution in [2.75, 3.05) is 0 Å². The van der Waals surface area contributed by atoms with Crippen molar-refractivity contribution in [1.82, 2.24) is 4.98 Å². The fourth-order valence-electron chi connectivity index (χ4n) is 1.62. The summed E-state index contributed by atoms with van der Waals surface area (Å²) in [7, 11) is 0. The van der Waals surface area contributed by atoms with E-state index < -0.39 is 0 Å². The Hall–Kier alpha value is -0.930. The first kappa shape index (κ1) is 8.38. The Bertz CT molecular complexity index is 456. The number of benzene rings is 1. The smallest absolute Gasteiger partial charge is 0.138 e. The Morgan fingerprint density at radius 1 is 1.36 bits per heavy atom. The molecule has 1 aliphatic heterocycles. The molecule has 72 valence electrons. The van der Waals surface area contributed by atoms with Gasteiger partial charge in [0.1, 0.15) is 11.1 Å². The Kier molecular flexibility index (Phi) is 1.53. The molecule has 0 unspecified atom stereocenters. The van der Waals surface area contributed by atoms with Gasteiger partial charge in [-0.2, -0.15) is 0 Å². The predicted octanol–water partition coefficient (Wildman–Crippen LogP) is 3.15. The minimum absolute atomic E-state index is 0.00608. The molecule has 0 bridgehead atoms. The summed E-state index contributed by atoms with van der Waals surface area (Å²) in [5, 5.41) is 1.11. The topological polar surface area (TPSA) is 25.4 Å². The van der Waals surface area contributed by atoms with E-state index in [2.05, 4.69) is 24.9 Å². The minimum Gasteiger partial charge on any atom is -0.359 e. The second-order valence-electron chi connectivity index (χ2n) is 4.12. The summed E-state index contributed by atoms with van der Waals surface area (Å²) >= 11 is 1.73. The molecule has 0 aliphatic carbocycles. The summed E-state index contributed by atoms with van der Waals surface area (Å²) in [6, 6.07) is 8.21. The van der Waals surface area contributed by atoms with E-state index in [4.69, 9.17) is 4.74 Å². The Morgan fingerprint density at radius 3 is 2.71 bits per heavy atom. The van der Waals surface area contributed by atoms with Gasteiger partial charge in [0.2, 0.25) is 0 Å². The number of rotatable bonds is 1. The average Bonchev–Trinajstić information content (AvgIpc) is 2.62. The van der Waals surface area contributed by atoms with Crippen LogP contribution in [-0.2, 0) is 4.74 Å². The lowest BCUT2D eigenvalue weighted by molar-refractivity contribution is 0.325. The summed E-state index contributed by atoms with van der Waals surface area (Å²) in [5.74, 6) is 0. The van der Waals surface area contributed by atoms with Gasteiger partial charge in [-0.15, -0.1) is 11.3 Å². The number of epoxide rings is 1. The molecule has 1 aliphatic rings. The average molecular weight is 205 g/mol. The first-order valence-electron chi connectivity index (χ1n) is 4.70. The van der Waals surface area contributed by atoms with Crippen molar-refractivity contribution in [3.05, 3.63) is 29.3 Å². The fraction of sp³-hybridized carbons (Fsp3) is 0.364. The highest BCUT2D eigenvalue weighted by Gasteiger charge is 2.50. The van der Waals surface area contributed by atoms with E-state index in [-0.39, 0.29) is 11.7 Å². The zero-order valence-electron chi connectivity index (χ0n) is 8.15. The fourth-order valence-corrected chi connectivity index (χ4v) is 2.79. The van der Waals surface area contributed by atoms with Crippen molar-refractivity contribution in [3.8, 4) is 0 Å². The number of nitrogens with zero attached hydrogens (tertiary/aromatic N) is 1. The highest BCUT2D eigenvalue weighted by Crippen LogP contribution is 2.50.